The van der Waals surface area contributed by atoms with Gasteiger partial charge in [0.25, 0.3) is 0 Å². The number of nitrogens with zero attached hydrogens (tertiary/aromatic N) is 1. The summed E-state index contributed by atoms with van der Waals surface area (Å²) in [6.45, 7) is 3.02. The fourth-order valence-corrected chi connectivity index (χ4v) is 2.57. The Morgan fingerprint density at radius 1 is 1.21 bits per heavy atom. The molecule has 6 heteroatoms. The van der Waals surface area contributed by atoms with Crippen LogP contribution in [0, 0.1) is 0 Å². The third-order valence-corrected chi connectivity index (χ3v) is 4.28. The number of aryl methyl sites for hydroxylation is 1. The van der Waals surface area contributed by atoms with E-state index in [1.54, 1.807) is 12.3 Å². The zero-order valence-electron chi connectivity index (χ0n) is 13.5. The van der Waals surface area contributed by atoms with E-state index in [4.69, 9.17) is 27.9 Å². The standard InChI is InChI=1S/C18H20Cl2N2O2/c1-2-11-24-18-14(6-4-10-21-18)12-22-16(23)9-8-13-5-3-7-15(19)17(13)20/h3-7,10H,2,8-9,11-12H2,1H3,(H,22,23). The number of hydrogen-bond acceptors (Lipinski definition) is 3. The van der Waals surface area contributed by atoms with Crippen molar-refractivity contribution in [3.63, 3.8) is 0 Å². The number of rotatable bonds is 8. The quantitative estimate of drug-likeness (QED) is 0.751. The zero-order valence-corrected chi connectivity index (χ0v) is 15.0. The van der Waals surface area contributed by atoms with E-state index in [2.05, 4.69) is 10.3 Å². The van der Waals surface area contributed by atoms with Crippen LogP contribution in [-0.4, -0.2) is 17.5 Å². The second-order valence-electron chi connectivity index (χ2n) is 5.31. The van der Waals surface area contributed by atoms with Gasteiger partial charge in [-0.05, 0) is 30.5 Å². The maximum Gasteiger partial charge on any atom is 0.220 e. The largest absolute Gasteiger partial charge is 0.477 e. The van der Waals surface area contributed by atoms with E-state index < -0.39 is 0 Å². The van der Waals surface area contributed by atoms with Crippen LogP contribution in [0.2, 0.25) is 10.0 Å². The first kappa shape index (κ1) is 18.6. The minimum Gasteiger partial charge on any atom is -0.477 e. The lowest BCUT2D eigenvalue weighted by molar-refractivity contribution is -0.121. The number of carbonyl (C=O) groups excluding carboxylic acids is 1. The Balaban J connectivity index is 1.86. The molecular formula is C18H20Cl2N2O2. The van der Waals surface area contributed by atoms with Crippen molar-refractivity contribution < 1.29 is 9.53 Å². The lowest BCUT2D eigenvalue weighted by Gasteiger charge is -2.11. The van der Waals surface area contributed by atoms with Crippen molar-refractivity contribution in [2.45, 2.75) is 32.7 Å². The van der Waals surface area contributed by atoms with Crippen molar-refractivity contribution in [2.75, 3.05) is 6.61 Å². The normalized spacial score (nSPS) is 10.5. The van der Waals surface area contributed by atoms with Crippen LogP contribution in [0.15, 0.2) is 36.5 Å². The summed E-state index contributed by atoms with van der Waals surface area (Å²) in [7, 11) is 0. The monoisotopic (exact) mass is 366 g/mol. The van der Waals surface area contributed by atoms with E-state index in [-0.39, 0.29) is 5.91 Å². The molecule has 0 unspecified atom stereocenters. The molecule has 0 saturated carbocycles. The number of halogens is 2. The van der Waals surface area contributed by atoms with Crippen molar-refractivity contribution in [3.8, 4) is 5.88 Å². The van der Waals surface area contributed by atoms with E-state index in [0.717, 1.165) is 17.5 Å². The van der Waals surface area contributed by atoms with Crippen LogP contribution in [0.1, 0.15) is 30.9 Å². The van der Waals surface area contributed by atoms with Gasteiger partial charge in [0.2, 0.25) is 11.8 Å². The molecule has 0 aliphatic carbocycles. The lowest BCUT2D eigenvalue weighted by Crippen LogP contribution is -2.23. The van der Waals surface area contributed by atoms with Gasteiger partial charge in [0, 0.05) is 24.7 Å². The first-order valence-corrected chi connectivity index (χ1v) is 8.63. The maximum absolute atomic E-state index is 12.1. The molecular weight excluding hydrogens is 347 g/mol. The summed E-state index contributed by atoms with van der Waals surface area (Å²) < 4.78 is 5.58. The molecule has 2 aromatic rings. The smallest absolute Gasteiger partial charge is 0.220 e. The number of carbonyl (C=O) groups is 1. The molecule has 24 heavy (non-hydrogen) atoms. The molecule has 0 fully saturated rings. The van der Waals surface area contributed by atoms with Crippen LogP contribution >= 0.6 is 23.2 Å². The summed E-state index contributed by atoms with van der Waals surface area (Å²) >= 11 is 12.1. The molecule has 0 aliphatic heterocycles. The highest BCUT2D eigenvalue weighted by Gasteiger charge is 2.09. The van der Waals surface area contributed by atoms with E-state index in [0.29, 0.717) is 41.9 Å². The molecule has 2 rings (SSSR count). The van der Waals surface area contributed by atoms with Crippen LogP contribution in [0.3, 0.4) is 0 Å². The molecule has 0 radical (unpaired) electrons. The second-order valence-corrected chi connectivity index (χ2v) is 6.09. The van der Waals surface area contributed by atoms with Gasteiger partial charge in [-0.1, -0.05) is 48.3 Å². The summed E-state index contributed by atoms with van der Waals surface area (Å²) in [5, 5.41) is 3.90. The summed E-state index contributed by atoms with van der Waals surface area (Å²) in [5.41, 5.74) is 1.73. The first-order valence-electron chi connectivity index (χ1n) is 7.88. The van der Waals surface area contributed by atoms with Gasteiger partial charge in [-0.3, -0.25) is 4.79 Å². The van der Waals surface area contributed by atoms with Gasteiger partial charge < -0.3 is 10.1 Å². The van der Waals surface area contributed by atoms with Crippen molar-refractivity contribution in [2.24, 2.45) is 0 Å². The Kier molecular flexibility index (Phi) is 7.35. The van der Waals surface area contributed by atoms with Crippen LogP contribution in [0.25, 0.3) is 0 Å². The first-order chi connectivity index (χ1) is 11.6. The average Bonchev–Trinajstić information content (AvgIpc) is 2.60. The van der Waals surface area contributed by atoms with Crippen molar-refractivity contribution in [1.82, 2.24) is 10.3 Å². The van der Waals surface area contributed by atoms with Gasteiger partial charge in [0.15, 0.2) is 0 Å². The third-order valence-electron chi connectivity index (χ3n) is 3.42. The molecule has 128 valence electrons. The Morgan fingerprint density at radius 2 is 2.00 bits per heavy atom. The Labute approximate surface area is 152 Å². The van der Waals surface area contributed by atoms with Crippen LogP contribution in [-0.2, 0) is 17.8 Å². The van der Waals surface area contributed by atoms with E-state index in [9.17, 15) is 4.79 Å². The average molecular weight is 367 g/mol. The predicted molar refractivity (Wildman–Crippen MR) is 96.7 cm³/mol. The number of amides is 1. The number of hydrogen-bond donors (Lipinski definition) is 1. The minimum atomic E-state index is -0.0589. The number of pyridine rings is 1. The molecule has 1 heterocycles. The molecule has 1 aromatic carbocycles. The fourth-order valence-electron chi connectivity index (χ4n) is 2.16. The van der Waals surface area contributed by atoms with Crippen molar-refractivity contribution in [3.05, 3.63) is 57.7 Å². The van der Waals surface area contributed by atoms with Gasteiger partial charge in [-0.2, -0.15) is 0 Å². The zero-order chi connectivity index (χ0) is 17.4. The molecule has 0 atom stereocenters. The molecule has 0 spiro atoms. The number of benzene rings is 1. The van der Waals surface area contributed by atoms with Crippen molar-refractivity contribution >= 4 is 29.1 Å². The molecule has 1 aromatic heterocycles. The second kappa shape index (κ2) is 9.50. The summed E-state index contributed by atoms with van der Waals surface area (Å²) in [6.07, 6.45) is 3.46. The highest BCUT2D eigenvalue weighted by Crippen LogP contribution is 2.26. The summed E-state index contributed by atoms with van der Waals surface area (Å²) in [5.74, 6) is 0.508. The van der Waals surface area contributed by atoms with Crippen LogP contribution in [0.4, 0.5) is 0 Å². The molecule has 1 N–H and O–H groups in total. The van der Waals surface area contributed by atoms with Gasteiger partial charge in [0.05, 0.1) is 16.7 Å². The topological polar surface area (TPSA) is 51.2 Å². The van der Waals surface area contributed by atoms with Gasteiger partial charge in [0.1, 0.15) is 0 Å². The van der Waals surface area contributed by atoms with Gasteiger partial charge in [-0.25, -0.2) is 4.98 Å². The third kappa shape index (κ3) is 5.39. The Bertz CT molecular complexity index is 692. The number of nitrogens with one attached hydrogen (secondary N) is 1. The van der Waals surface area contributed by atoms with Gasteiger partial charge in [-0.15, -0.1) is 0 Å². The minimum absolute atomic E-state index is 0.0589. The van der Waals surface area contributed by atoms with Crippen LogP contribution < -0.4 is 10.1 Å². The molecule has 0 aliphatic rings. The van der Waals surface area contributed by atoms with Gasteiger partial charge >= 0.3 is 0 Å². The molecule has 0 saturated heterocycles. The summed E-state index contributed by atoms with van der Waals surface area (Å²) in [6, 6.07) is 9.15. The van der Waals surface area contributed by atoms with Crippen LogP contribution in [0.5, 0.6) is 5.88 Å². The predicted octanol–water partition coefficient (Wildman–Crippen LogP) is 4.43. The number of ether oxygens (including phenoxy) is 1. The van der Waals surface area contributed by atoms with E-state index in [1.165, 1.54) is 0 Å². The Morgan fingerprint density at radius 3 is 2.79 bits per heavy atom. The SMILES string of the molecule is CCCOc1ncccc1CNC(=O)CCc1cccc(Cl)c1Cl. The highest BCUT2D eigenvalue weighted by molar-refractivity contribution is 6.42. The Hall–Kier alpha value is -1.78. The molecule has 4 nitrogen and oxygen atoms in total. The summed E-state index contributed by atoms with van der Waals surface area (Å²) in [4.78, 5) is 16.3. The highest BCUT2D eigenvalue weighted by atomic mass is 35.5. The fraction of sp³-hybridized carbons (Fsp3) is 0.333. The lowest BCUT2D eigenvalue weighted by atomic mass is 10.1. The number of aromatic nitrogens is 1. The van der Waals surface area contributed by atoms with Crippen molar-refractivity contribution in [1.29, 1.82) is 0 Å². The molecule has 0 bridgehead atoms. The maximum atomic E-state index is 12.1. The van der Waals surface area contributed by atoms with E-state index in [1.807, 2.05) is 31.2 Å². The van der Waals surface area contributed by atoms with E-state index >= 15 is 0 Å². The molecule has 1 amide bonds.